The molecule has 0 unspecified atom stereocenters. The van der Waals surface area contributed by atoms with Crippen LogP contribution in [0.25, 0.3) is 11.2 Å². The van der Waals surface area contributed by atoms with Crippen LogP contribution in [0.2, 0.25) is 0 Å². The fraction of sp³-hybridized carbons (Fsp3) is 0.500. The Morgan fingerprint density at radius 1 is 1.23 bits per heavy atom. The van der Waals surface area contributed by atoms with Crippen LogP contribution < -0.4 is 15.7 Å². The quantitative estimate of drug-likeness (QED) is 0.712. The maximum atomic E-state index is 13.0. The highest BCUT2D eigenvalue weighted by Crippen LogP contribution is 2.33. The number of methoxy groups -OCH3 is 1. The summed E-state index contributed by atoms with van der Waals surface area (Å²) in [7, 11) is 3.54. The van der Waals surface area contributed by atoms with Gasteiger partial charge in [-0.05, 0) is 55.9 Å². The second-order valence-electron chi connectivity index (χ2n) is 8.28. The number of anilines is 2. The number of ether oxygens (including phenoxy) is 2. The van der Waals surface area contributed by atoms with Crippen molar-refractivity contribution in [2.75, 3.05) is 19.0 Å². The van der Waals surface area contributed by atoms with E-state index in [1.807, 2.05) is 11.5 Å². The lowest BCUT2D eigenvalue weighted by molar-refractivity contribution is 0.0584. The van der Waals surface area contributed by atoms with Crippen LogP contribution in [0.3, 0.4) is 0 Å². The fourth-order valence-corrected chi connectivity index (χ4v) is 4.65. The van der Waals surface area contributed by atoms with Gasteiger partial charge in [-0.1, -0.05) is 0 Å². The lowest BCUT2D eigenvalue weighted by Crippen LogP contribution is -2.30. The number of fused-ring (bicyclic) bond motifs is 2. The van der Waals surface area contributed by atoms with Crippen LogP contribution in [0.4, 0.5) is 11.6 Å². The van der Waals surface area contributed by atoms with Crippen molar-refractivity contribution in [1.29, 1.82) is 0 Å². The van der Waals surface area contributed by atoms with Crippen molar-refractivity contribution in [2.24, 2.45) is 7.05 Å². The largest absolute Gasteiger partial charge is 0.493 e. The molecule has 2 aliphatic rings. The first-order valence-electron chi connectivity index (χ1n) is 10.5. The number of benzene rings is 1. The first-order valence-corrected chi connectivity index (χ1v) is 10.5. The van der Waals surface area contributed by atoms with Gasteiger partial charge in [-0.15, -0.1) is 0 Å². The van der Waals surface area contributed by atoms with Crippen molar-refractivity contribution in [3.8, 4) is 5.75 Å². The number of nitrogens with one attached hydrogen (secondary N) is 1. The molecule has 1 fully saturated rings. The van der Waals surface area contributed by atoms with Gasteiger partial charge in [-0.3, -0.25) is 9.13 Å². The van der Waals surface area contributed by atoms with Crippen molar-refractivity contribution in [2.45, 2.75) is 51.2 Å². The zero-order valence-corrected chi connectivity index (χ0v) is 17.6. The monoisotopic (exact) mass is 409 g/mol. The minimum atomic E-state index is -0.0387. The van der Waals surface area contributed by atoms with Gasteiger partial charge < -0.3 is 14.8 Å². The molecule has 1 aliphatic carbocycles. The summed E-state index contributed by atoms with van der Waals surface area (Å²) in [6.07, 6.45) is 6.66. The Balaban J connectivity index is 1.51. The molecule has 1 saturated carbocycles. The Hall–Kier alpha value is -2.87. The molecule has 30 heavy (non-hydrogen) atoms. The fourth-order valence-electron chi connectivity index (χ4n) is 4.65. The Bertz CT molecular complexity index is 1160. The van der Waals surface area contributed by atoms with Crippen LogP contribution in [0.1, 0.15) is 42.9 Å². The van der Waals surface area contributed by atoms with E-state index in [4.69, 9.17) is 14.5 Å². The number of rotatable bonds is 4. The number of imidazole rings is 1. The lowest BCUT2D eigenvalue weighted by Gasteiger charge is -2.28. The first-order chi connectivity index (χ1) is 14.5. The molecule has 3 heterocycles. The minimum absolute atomic E-state index is 0.0387. The normalized spacial score (nSPS) is 20.9. The van der Waals surface area contributed by atoms with E-state index >= 15 is 0 Å². The molecule has 1 aromatic carbocycles. The summed E-state index contributed by atoms with van der Waals surface area (Å²) < 4.78 is 14.6. The summed E-state index contributed by atoms with van der Waals surface area (Å²) in [6, 6.07) is 4.29. The van der Waals surface area contributed by atoms with Gasteiger partial charge in [0.25, 0.3) is 0 Å². The van der Waals surface area contributed by atoms with E-state index in [1.54, 1.807) is 24.9 Å². The van der Waals surface area contributed by atoms with Crippen LogP contribution in [0, 0.1) is 6.92 Å². The summed E-state index contributed by atoms with van der Waals surface area (Å²) in [5.41, 5.74) is 4.62. The van der Waals surface area contributed by atoms with E-state index in [-0.39, 0.29) is 17.8 Å². The molecule has 0 spiro atoms. The Kier molecular flexibility index (Phi) is 4.73. The van der Waals surface area contributed by atoms with Gasteiger partial charge >= 0.3 is 5.69 Å². The van der Waals surface area contributed by atoms with Gasteiger partial charge in [0.05, 0.1) is 18.9 Å². The third kappa shape index (κ3) is 3.15. The molecule has 0 amide bonds. The molecule has 0 radical (unpaired) electrons. The zero-order chi connectivity index (χ0) is 20.8. The zero-order valence-electron chi connectivity index (χ0n) is 17.6. The van der Waals surface area contributed by atoms with Crippen molar-refractivity contribution in [3.05, 3.63) is 39.9 Å². The molecule has 2 aromatic heterocycles. The maximum Gasteiger partial charge on any atom is 0.330 e. The van der Waals surface area contributed by atoms with Gasteiger partial charge in [0, 0.05) is 32.3 Å². The molecule has 8 nitrogen and oxygen atoms in total. The average molecular weight is 409 g/mol. The number of hydrogen-bond acceptors (Lipinski definition) is 6. The van der Waals surface area contributed by atoms with Crippen molar-refractivity contribution in [3.63, 3.8) is 0 Å². The highest BCUT2D eigenvalue weighted by molar-refractivity contribution is 5.73. The highest BCUT2D eigenvalue weighted by atomic mass is 16.5. The smallest absolute Gasteiger partial charge is 0.330 e. The van der Waals surface area contributed by atoms with E-state index in [0.29, 0.717) is 11.6 Å². The summed E-state index contributed by atoms with van der Waals surface area (Å²) in [5, 5.41) is 3.35. The molecule has 3 aromatic rings. The minimum Gasteiger partial charge on any atom is -0.493 e. The van der Waals surface area contributed by atoms with E-state index in [0.717, 1.165) is 61.2 Å². The summed E-state index contributed by atoms with van der Waals surface area (Å²) >= 11 is 0. The maximum absolute atomic E-state index is 13.0. The van der Waals surface area contributed by atoms with Gasteiger partial charge in [-0.2, -0.15) is 4.98 Å². The molecule has 1 aliphatic heterocycles. The first kappa shape index (κ1) is 19.1. The summed E-state index contributed by atoms with van der Waals surface area (Å²) in [5.74, 6) is 1.45. The molecular weight excluding hydrogens is 382 g/mol. The summed E-state index contributed by atoms with van der Waals surface area (Å²) in [6.45, 7) is 2.76. The SMILES string of the molecule is CO[C@H]1CC[C@H](n2c(=O)n(C)c3cnc(Nc4cc5c(cc4C)OCC5)nc32)CC1. The second kappa shape index (κ2) is 7.43. The van der Waals surface area contributed by atoms with E-state index in [2.05, 4.69) is 22.4 Å². The van der Waals surface area contributed by atoms with Crippen LogP contribution in [-0.4, -0.2) is 38.9 Å². The second-order valence-corrected chi connectivity index (χ2v) is 8.28. The number of aromatic nitrogens is 4. The Morgan fingerprint density at radius 2 is 2.03 bits per heavy atom. The number of aryl methyl sites for hydroxylation is 2. The molecule has 0 atom stereocenters. The predicted molar refractivity (Wildman–Crippen MR) is 115 cm³/mol. The molecule has 0 saturated heterocycles. The van der Waals surface area contributed by atoms with Gasteiger partial charge in [0.2, 0.25) is 5.95 Å². The van der Waals surface area contributed by atoms with Crippen LogP contribution >= 0.6 is 0 Å². The Morgan fingerprint density at radius 3 is 2.80 bits per heavy atom. The third-order valence-electron chi connectivity index (χ3n) is 6.46. The van der Waals surface area contributed by atoms with Gasteiger partial charge in [0.15, 0.2) is 5.65 Å². The standard InChI is InChI=1S/C22H27N5O3/c1-13-10-19-14(8-9-30-19)11-17(13)24-21-23-12-18-20(25-21)27(22(28)26(18)2)15-4-6-16(29-3)7-5-15/h10-12,15-16H,4-9H2,1-3H3,(H,23,24,25)/t15-,16-. The van der Waals surface area contributed by atoms with E-state index in [9.17, 15) is 4.79 Å². The predicted octanol–water partition coefficient (Wildman–Crippen LogP) is 3.25. The van der Waals surface area contributed by atoms with Crippen LogP contribution in [0.5, 0.6) is 5.75 Å². The molecule has 0 bridgehead atoms. The average Bonchev–Trinajstić information content (AvgIpc) is 3.30. The molecular formula is C22H27N5O3. The van der Waals surface area contributed by atoms with Crippen molar-refractivity contribution >= 4 is 22.8 Å². The van der Waals surface area contributed by atoms with E-state index in [1.165, 1.54) is 5.56 Å². The van der Waals surface area contributed by atoms with Crippen LogP contribution in [0.15, 0.2) is 23.1 Å². The number of nitrogens with zero attached hydrogens (tertiary/aromatic N) is 4. The number of hydrogen-bond donors (Lipinski definition) is 1. The van der Waals surface area contributed by atoms with Crippen molar-refractivity contribution < 1.29 is 9.47 Å². The molecule has 158 valence electrons. The topological polar surface area (TPSA) is 83.2 Å². The van der Waals surface area contributed by atoms with E-state index < -0.39 is 0 Å². The lowest BCUT2D eigenvalue weighted by atomic mass is 9.93. The Labute approximate surface area is 174 Å². The van der Waals surface area contributed by atoms with Crippen LogP contribution in [-0.2, 0) is 18.2 Å². The molecule has 1 N–H and O–H groups in total. The third-order valence-corrected chi connectivity index (χ3v) is 6.46. The van der Waals surface area contributed by atoms with Gasteiger partial charge in [-0.25, -0.2) is 9.78 Å². The van der Waals surface area contributed by atoms with Crippen molar-refractivity contribution in [1.82, 2.24) is 19.1 Å². The molecule has 8 heteroatoms. The highest BCUT2D eigenvalue weighted by Gasteiger charge is 2.26. The molecule has 5 rings (SSSR count). The van der Waals surface area contributed by atoms with Gasteiger partial charge in [0.1, 0.15) is 11.3 Å². The summed E-state index contributed by atoms with van der Waals surface area (Å²) in [4.78, 5) is 22.2.